The first-order valence-electron chi connectivity index (χ1n) is 7.88. The summed E-state index contributed by atoms with van der Waals surface area (Å²) in [6.07, 6.45) is 1.12. The minimum atomic E-state index is -0.732. The van der Waals surface area contributed by atoms with Crippen LogP contribution in [0.5, 0.6) is 11.5 Å². The third-order valence-corrected chi connectivity index (χ3v) is 3.93. The van der Waals surface area contributed by atoms with E-state index in [0.29, 0.717) is 5.56 Å². The predicted octanol–water partition coefficient (Wildman–Crippen LogP) is 3.23. The summed E-state index contributed by atoms with van der Waals surface area (Å²) < 4.78 is 4.98. The van der Waals surface area contributed by atoms with Gasteiger partial charge in [0.2, 0.25) is 5.75 Å². The van der Waals surface area contributed by atoms with E-state index in [-0.39, 0.29) is 11.3 Å². The van der Waals surface area contributed by atoms with Gasteiger partial charge in [0.15, 0.2) is 0 Å². The van der Waals surface area contributed by atoms with E-state index in [2.05, 4.69) is 10.5 Å². The van der Waals surface area contributed by atoms with Gasteiger partial charge >= 0.3 is 5.69 Å². The molecule has 0 aliphatic rings. The fourth-order valence-corrected chi connectivity index (χ4v) is 2.61. The molecular formula is C19H15N3O5. The van der Waals surface area contributed by atoms with Crippen LogP contribution in [0.4, 0.5) is 5.69 Å². The van der Waals surface area contributed by atoms with Crippen molar-refractivity contribution in [2.75, 3.05) is 7.11 Å². The number of amides is 1. The van der Waals surface area contributed by atoms with Crippen LogP contribution in [0.3, 0.4) is 0 Å². The Bertz CT molecular complexity index is 1060. The first-order valence-corrected chi connectivity index (χ1v) is 7.88. The Morgan fingerprint density at radius 1 is 1.22 bits per heavy atom. The van der Waals surface area contributed by atoms with E-state index in [9.17, 15) is 20.0 Å². The van der Waals surface area contributed by atoms with Gasteiger partial charge < -0.3 is 9.84 Å². The van der Waals surface area contributed by atoms with Gasteiger partial charge in [-0.05, 0) is 22.9 Å². The molecule has 8 heteroatoms. The number of carbonyl (C=O) groups excluding carboxylic acids is 1. The number of nitro benzene ring substituents is 1. The summed E-state index contributed by atoms with van der Waals surface area (Å²) in [6.45, 7) is 0. The van der Waals surface area contributed by atoms with Crippen LogP contribution in [-0.2, 0) is 0 Å². The molecule has 0 atom stereocenters. The van der Waals surface area contributed by atoms with Gasteiger partial charge in [0.05, 0.1) is 24.3 Å². The molecule has 8 nitrogen and oxygen atoms in total. The van der Waals surface area contributed by atoms with E-state index in [4.69, 9.17) is 4.74 Å². The summed E-state index contributed by atoms with van der Waals surface area (Å²) in [5, 5.41) is 26.5. The zero-order valence-corrected chi connectivity index (χ0v) is 14.2. The molecule has 27 heavy (non-hydrogen) atoms. The lowest BCUT2D eigenvalue weighted by molar-refractivity contribution is -0.385. The zero-order valence-electron chi connectivity index (χ0n) is 14.2. The van der Waals surface area contributed by atoms with E-state index in [1.807, 2.05) is 30.3 Å². The third kappa shape index (κ3) is 3.69. The minimum absolute atomic E-state index is 0.0410. The highest BCUT2D eigenvalue weighted by molar-refractivity contribution is 6.07. The number of nitrogens with one attached hydrogen (secondary N) is 1. The lowest BCUT2D eigenvalue weighted by Gasteiger charge is -2.06. The van der Waals surface area contributed by atoms with Crippen LogP contribution in [-0.4, -0.2) is 29.3 Å². The monoisotopic (exact) mass is 365 g/mol. The van der Waals surface area contributed by atoms with Crippen molar-refractivity contribution in [3.8, 4) is 11.5 Å². The molecule has 0 bridgehead atoms. The number of phenols is 1. The molecule has 3 rings (SSSR count). The van der Waals surface area contributed by atoms with Crippen molar-refractivity contribution in [1.29, 1.82) is 0 Å². The molecule has 0 aliphatic carbocycles. The van der Waals surface area contributed by atoms with Gasteiger partial charge in [-0.3, -0.25) is 14.9 Å². The second kappa shape index (κ2) is 7.52. The van der Waals surface area contributed by atoms with Gasteiger partial charge in [-0.1, -0.05) is 36.4 Å². The second-order valence-electron chi connectivity index (χ2n) is 5.57. The molecule has 3 aromatic rings. The Morgan fingerprint density at radius 3 is 2.70 bits per heavy atom. The molecule has 0 aromatic heterocycles. The Labute approximate surface area is 153 Å². The maximum atomic E-state index is 12.4. The maximum absolute atomic E-state index is 12.4. The SMILES string of the molecule is COc1cc(/C=N\NC(=O)c2cccc3ccccc23)c(O)c([N+](=O)[O-])c1. The number of fused-ring (bicyclic) bond motifs is 1. The fourth-order valence-electron chi connectivity index (χ4n) is 2.61. The summed E-state index contributed by atoms with van der Waals surface area (Å²) in [5.74, 6) is -0.828. The number of phenolic OH excluding ortho intramolecular Hbond substituents is 1. The van der Waals surface area contributed by atoms with Crippen molar-refractivity contribution in [2.24, 2.45) is 5.10 Å². The number of benzene rings is 3. The van der Waals surface area contributed by atoms with Crippen molar-refractivity contribution in [2.45, 2.75) is 0 Å². The Hall–Kier alpha value is -3.94. The predicted molar refractivity (Wildman–Crippen MR) is 100 cm³/mol. The van der Waals surface area contributed by atoms with Gasteiger partial charge in [-0.2, -0.15) is 5.10 Å². The molecule has 0 unspecified atom stereocenters. The highest BCUT2D eigenvalue weighted by atomic mass is 16.6. The smallest absolute Gasteiger partial charge is 0.315 e. The number of hydrazone groups is 1. The topological polar surface area (TPSA) is 114 Å². The molecule has 2 N–H and O–H groups in total. The Kier molecular flexibility index (Phi) is 4.98. The number of methoxy groups -OCH3 is 1. The first-order chi connectivity index (χ1) is 13.0. The van der Waals surface area contributed by atoms with Crippen LogP contribution in [0.1, 0.15) is 15.9 Å². The van der Waals surface area contributed by atoms with Crippen LogP contribution < -0.4 is 10.2 Å². The number of aromatic hydroxyl groups is 1. The van der Waals surface area contributed by atoms with Crippen LogP contribution in [0.2, 0.25) is 0 Å². The first kappa shape index (κ1) is 17.9. The lowest BCUT2D eigenvalue weighted by atomic mass is 10.0. The number of nitro groups is 1. The van der Waals surface area contributed by atoms with Crippen molar-refractivity contribution in [3.63, 3.8) is 0 Å². The molecule has 0 spiro atoms. The summed E-state index contributed by atoms with van der Waals surface area (Å²) in [5.41, 5.74) is 2.32. The Balaban J connectivity index is 1.86. The second-order valence-corrected chi connectivity index (χ2v) is 5.57. The van der Waals surface area contributed by atoms with Crippen molar-refractivity contribution < 1.29 is 19.6 Å². The lowest BCUT2D eigenvalue weighted by Crippen LogP contribution is -2.18. The van der Waals surface area contributed by atoms with E-state index >= 15 is 0 Å². The summed E-state index contributed by atoms with van der Waals surface area (Å²) in [4.78, 5) is 22.7. The number of hydrogen-bond acceptors (Lipinski definition) is 6. The highest BCUT2D eigenvalue weighted by Gasteiger charge is 2.19. The average Bonchev–Trinajstić information content (AvgIpc) is 2.68. The molecule has 0 saturated heterocycles. The highest BCUT2D eigenvalue weighted by Crippen LogP contribution is 2.33. The Morgan fingerprint density at radius 2 is 1.96 bits per heavy atom. The fraction of sp³-hybridized carbons (Fsp3) is 0.0526. The molecule has 0 radical (unpaired) electrons. The van der Waals surface area contributed by atoms with Gasteiger partial charge in [0, 0.05) is 11.1 Å². The largest absolute Gasteiger partial charge is 0.502 e. The van der Waals surface area contributed by atoms with E-state index in [1.54, 1.807) is 12.1 Å². The standard InChI is InChI=1S/C19H15N3O5/c1-27-14-9-13(18(23)17(10-14)22(25)26)11-20-21-19(24)16-8-4-6-12-5-2-3-7-15(12)16/h2-11,23H,1H3,(H,21,24)/b20-11-. The average molecular weight is 365 g/mol. The number of nitrogens with zero attached hydrogens (tertiary/aromatic N) is 2. The molecule has 0 saturated carbocycles. The molecule has 0 heterocycles. The van der Waals surface area contributed by atoms with E-state index < -0.39 is 22.3 Å². The van der Waals surface area contributed by atoms with Crippen molar-refractivity contribution in [3.05, 3.63) is 75.8 Å². The molecule has 0 fully saturated rings. The molecule has 0 aliphatic heterocycles. The third-order valence-electron chi connectivity index (χ3n) is 3.93. The van der Waals surface area contributed by atoms with Crippen LogP contribution in [0, 0.1) is 10.1 Å². The van der Waals surface area contributed by atoms with Gasteiger partial charge in [-0.25, -0.2) is 5.43 Å². The molecule has 1 amide bonds. The summed E-state index contributed by atoms with van der Waals surface area (Å²) >= 11 is 0. The number of carbonyl (C=O) groups is 1. The van der Waals surface area contributed by atoms with Gasteiger partial charge in [0.1, 0.15) is 5.75 Å². The van der Waals surface area contributed by atoms with Crippen molar-refractivity contribution >= 4 is 28.6 Å². The maximum Gasteiger partial charge on any atom is 0.315 e. The number of hydrogen-bond donors (Lipinski definition) is 2. The van der Waals surface area contributed by atoms with Gasteiger partial charge in [-0.15, -0.1) is 0 Å². The van der Waals surface area contributed by atoms with Crippen LogP contribution in [0.15, 0.2) is 59.7 Å². The normalized spacial score (nSPS) is 10.9. The summed E-state index contributed by atoms with van der Waals surface area (Å²) in [7, 11) is 1.35. The van der Waals surface area contributed by atoms with E-state index in [1.165, 1.54) is 13.2 Å². The molecular weight excluding hydrogens is 350 g/mol. The zero-order chi connectivity index (χ0) is 19.4. The van der Waals surface area contributed by atoms with Gasteiger partial charge in [0.25, 0.3) is 5.91 Å². The van der Waals surface area contributed by atoms with Crippen LogP contribution >= 0.6 is 0 Å². The molecule has 136 valence electrons. The number of rotatable bonds is 5. The minimum Gasteiger partial charge on any atom is -0.502 e. The van der Waals surface area contributed by atoms with Crippen LogP contribution in [0.25, 0.3) is 10.8 Å². The van der Waals surface area contributed by atoms with Crippen molar-refractivity contribution in [1.82, 2.24) is 5.43 Å². The van der Waals surface area contributed by atoms with E-state index in [0.717, 1.165) is 23.1 Å². The number of ether oxygens (including phenoxy) is 1. The molecule has 3 aromatic carbocycles. The quantitative estimate of drug-likeness (QED) is 0.409. The summed E-state index contributed by atoms with van der Waals surface area (Å²) in [6, 6.07) is 15.2.